The quantitative estimate of drug-likeness (QED) is 0.709. The summed E-state index contributed by atoms with van der Waals surface area (Å²) < 4.78 is 38.7. The molecule has 0 aliphatic rings. The number of hydrogen-bond donors (Lipinski definition) is 1. The van der Waals surface area contributed by atoms with Crippen molar-refractivity contribution in [2.75, 3.05) is 17.7 Å². The van der Waals surface area contributed by atoms with E-state index in [-0.39, 0.29) is 10.4 Å². The normalized spacial score (nSPS) is 11.4. The molecule has 0 radical (unpaired) electrons. The van der Waals surface area contributed by atoms with Crippen LogP contribution in [0.4, 0.5) is 5.69 Å². The van der Waals surface area contributed by atoms with E-state index in [1.165, 1.54) is 6.07 Å². The van der Waals surface area contributed by atoms with Crippen molar-refractivity contribution >= 4 is 44.2 Å². The first-order valence-electron chi connectivity index (χ1n) is 7.47. The van der Waals surface area contributed by atoms with Crippen LogP contribution >= 0.6 is 11.7 Å². The molecule has 1 amide bonds. The molecule has 7 nitrogen and oxygen atoms in total. The molecular formula is C16H15N3O4S2. The number of rotatable bonds is 6. The maximum Gasteiger partial charge on any atom is 0.240 e. The molecule has 1 aromatic heterocycles. The van der Waals surface area contributed by atoms with E-state index in [1.807, 2.05) is 6.92 Å². The largest absolute Gasteiger partial charge is 0.492 e. The Labute approximate surface area is 148 Å². The van der Waals surface area contributed by atoms with Gasteiger partial charge in [-0.2, -0.15) is 8.75 Å². The number of nitrogens with one attached hydrogen (secondary N) is 1. The van der Waals surface area contributed by atoms with Gasteiger partial charge < -0.3 is 10.1 Å². The number of hydrogen-bond acceptors (Lipinski definition) is 7. The lowest BCUT2D eigenvalue weighted by atomic mass is 10.3. The Bertz CT molecular complexity index is 1010. The lowest BCUT2D eigenvalue weighted by Crippen LogP contribution is -2.23. The SMILES string of the molecule is CCOc1ccccc1NC(=O)CS(=O)(=O)c1cccc2nsnc12. The standard InChI is InChI=1S/C16H15N3O4S2/c1-2-23-13-8-4-3-6-11(13)17-15(20)10-25(21,22)14-9-5-7-12-16(14)19-24-18-12/h3-9H,2,10H2,1H3,(H,17,20). The molecule has 0 aliphatic carbocycles. The maximum atomic E-state index is 12.6. The third kappa shape index (κ3) is 3.77. The zero-order chi connectivity index (χ0) is 17.9. The van der Waals surface area contributed by atoms with Crippen molar-refractivity contribution in [3.05, 3.63) is 42.5 Å². The summed E-state index contributed by atoms with van der Waals surface area (Å²) >= 11 is 0.931. The highest BCUT2D eigenvalue weighted by Crippen LogP contribution is 2.25. The van der Waals surface area contributed by atoms with Crippen molar-refractivity contribution < 1.29 is 17.9 Å². The van der Waals surface area contributed by atoms with Crippen LogP contribution in [0, 0.1) is 0 Å². The predicted octanol–water partition coefficient (Wildman–Crippen LogP) is 2.50. The topological polar surface area (TPSA) is 98.2 Å². The van der Waals surface area contributed by atoms with Gasteiger partial charge in [-0.3, -0.25) is 4.79 Å². The number of ether oxygens (including phenoxy) is 1. The lowest BCUT2D eigenvalue weighted by molar-refractivity contribution is -0.113. The van der Waals surface area contributed by atoms with Crippen LogP contribution in [0.5, 0.6) is 5.75 Å². The van der Waals surface area contributed by atoms with Crippen LogP contribution < -0.4 is 10.1 Å². The number of sulfone groups is 1. The van der Waals surface area contributed by atoms with Gasteiger partial charge in [-0.05, 0) is 31.2 Å². The highest BCUT2D eigenvalue weighted by molar-refractivity contribution is 7.92. The Morgan fingerprint density at radius 2 is 1.96 bits per heavy atom. The van der Waals surface area contributed by atoms with Crippen molar-refractivity contribution in [1.82, 2.24) is 8.75 Å². The Balaban J connectivity index is 1.82. The molecule has 0 saturated carbocycles. The fraction of sp³-hybridized carbons (Fsp3) is 0.188. The van der Waals surface area contributed by atoms with Crippen LogP contribution in [-0.2, 0) is 14.6 Å². The Hall–Kier alpha value is -2.52. The third-order valence-electron chi connectivity index (χ3n) is 3.37. The van der Waals surface area contributed by atoms with Crippen LogP contribution in [0.25, 0.3) is 11.0 Å². The zero-order valence-electron chi connectivity index (χ0n) is 13.3. The first-order valence-corrected chi connectivity index (χ1v) is 9.85. The van der Waals surface area contributed by atoms with Crippen molar-refractivity contribution in [2.24, 2.45) is 0 Å². The van der Waals surface area contributed by atoms with Gasteiger partial charge in [0.15, 0.2) is 9.84 Å². The van der Waals surface area contributed by atoms with E-state index in [0.717, 1.165) is 11.7 Å². The van der Waals surface area contributed by atoms with E-state index in [0.29, 0.717) is 23.6 Å². The van der Waals surface area contributed by atoms with Crippen molar-refractivity contribution in [2.45, 2.75) is 11.8 Å². The smallest absolute Gasteiger partial charge is 0.240 e. The van der Waals surface area contributed by atoms with Crippen molar-refractivity contribution in [3.63, 3.8) is 0 Å². The molecule has 1 N–H and O–H groups in total. The zero-order valence-corrected chi connectivity index (χ0v) is 14.9. The summed E-state index contributed by atoms with van der Waals surface area (Å²) in [7, 11) is -3.85. The van der Waals surface area contributed by atoms with Crippen LogP contribution in [0.2, 0.25) is 0 Å². The summed E-state index contributed by atoms with van der Waals surface area (Å²) in [6.07, 6.45) is 0. The minimum atomic E-state index is -3.85. The van der Waals surface area contributed by atoms with Crippen molar-refractivity contribution in [3.8, 4) is 5.75 Å². The Morgan fingerprint density at radius 3 is 2.76 bits per heavy atom. The van der Waals surface area contributed by atoms with Crippen LogP contribution in [0.1, 0.15) is 6.92 Å². The first kappa shape index (κ1) is 17.3. The molecule has 25 heavy (non-hydrogen) atoms. The van der Waals surface area contributed by atoms with Crippen molar-refractivity contribution in [1.29, 1.82) is 0 Å². The summed E-state index contributed by atoms with van der Waals surface area (Å²) in [4.78, 5) is 12.3. The summed E-state index contributed by atoms with van der Waals surface area (Å²) in [5, 5.41) is 2.59. The van der Waals surface area contributed by atoms with Crippen LogP contribution in [0.3, 0.4) is 0 Å². The Kier molecular flexibility index (Phi) is 4.95. The molecule has 0 aliphatic heterocycles. The van der Waals surface area contributed by atoms with Crippen LogP contribution in [-0.4, -0.2) is 35.4 Å². The number of amides is 1. The van der Waals surface area contributed by atoms with Gasteiger partial charge in [-0.25, -0.2) is 8.42 Å². The number of carbonyl (C=O) groups is 1. The fourth-order valence-corrected chi connectivity index (χ4v) is 4.23. The maximum absolute atomic E-state index is 12.6. The van der Waals surface area contributed by atoms with E-state index in [4.69, 9.17) is 4.74 Å². The molecule has 3 aromatic rings. The number of benzene rings is 2. The lowest BCUT2D eigenvalue weighted by Gasteiger charge is -2.11. The number of para-hydroxylation sites is 2. The molecule has 0 fully saturated rings. The third-order valence-corrected chi connectivity index (χ3v) is 5.55. The number of aromatic nitrogens is 2. The van der Waals surface area contributed by atoms with Gasteiger partial charge in [-0.15, -0.1) is 0 Å². The van der Waals surface area contributed by atoms with Gasteiger partial charge in [-0.1, -0.05) is 18.2 Å². The minimum absolute atomic E-state index is 0.00648. The predicted molar refractivity (Wildman–Crippen MR) is 95.7 cm³/mol. The van der Waals surface area contributed by atoms with Crippen LogP contribution in [0.15, 0.2) is 47.4 Å². The molecule has 130 valence electrons. The highest BCUT2D eigenvalue weighted by atomic mass is 32.2. The number of fused-ring (bicyclic) bond motifs is 1. The summed E-state index contributed by atoms with van der Waals surface area (Å²) in [6.45, 7) is 2.26. The molecule has 3 rings (SSSR count). The van der Waals surface area contributed by atoms with Gasteiger partial charge in [0, 0.05) is 0 Å². The molecule has 0 atom stereocenters. The first-order chi connectivity index (χ1) is 12.0. The average molecular weight is 377 g/mol. The summed E-state index contributed by atoms with van der Waals surface area (Å²) in [5.41, 5.74) is 1.21. The number of nitrogens with zero attached hydrogens (tertiary/aromatic N) is 2. The Morgan fingerprint density at radius 1 is 1.16 bits per heavy atom. The molecule has 2 aromatic carbocycles. The second kappa shape index (κ2) is 7.16. The second-order valence-corrected chi connectivity index (χ2v) is 7.61. The van der Waals surface area contributed by atoms with E-state index in [2.05, 4.69) is 14.1 Å². The summed E-state index contributed by atoms with van der Waals surface area (Å²) in [6, 6.07) is 11.5. The number of carbonyl (C=O) groups excluding carboxylic acids is 1. The molecule has 0 saturated heterocycles. The molecular weight excluding hydrogens is 362 g/mol. The van der Waals surface area contributed by atoms with E-state index < -0.39 is 21.5 Å². The van der Waals surface area contributed by atoms with Gasteiger partial charge in [0.2, 0.25) is 5.91 Å². The van der Waals surface area contributed by atoms with E-state index in [1.54, 1.807) is 36.4 Å². The minimum Gasteiger partial charge on any atom is -0.492 e. The average Bonchev–Trinajstić information content (AvgIpc) is 3.04. The molecule has 1 heterocycles. The van der Waals surface area contributed by atoms with Gasteiger partial charge in [0.05, 0.1) is 28.9 Å². The highest BCUT2D eigenvalue weighted by Gasteiger charge is 2.23. The molecule has 9 heteroatoms. The van der Waals surface area contributed by atoms with E-state index >= 15 is 0 Å². The molecule has 0 unspecified atom stereocenters. The number of anilines is 1. The summed E-state index contributed by atoms with van der Waals surface area (Å²) in [5.74, 6) is -0.849. The molecule has 0 spiro atoms. The monoisotopic (exact) mass is 377 g/mol. The second-order valence-electron chi connectivity index (χ2n) is 5.12. The fourth-order valence-electron chi connectivity index (χ4n) is 2.32. The van der Waals surface area contributed by atoms with Gasteiger partial charge >= 0.3 is 0 Å². The molecule has 0 bridgehead atoms. The van der Waals surface area contributed by atoms with Gasteiger partial charge in [0.25, 0.3) is 0 Å². The van der Waals surface area contributed by atoms with Gasteiger partial charge in [0.1, 0.15) is 22.5 Å². The van der Waals surface area contributed by atoms with E-state index in [9.17, 15) is 13.2 Å².